The molecule has 0 saturated heterocycles. The molecule has 3 heteroatoms. The lowest BCUT2D eigenvalue weighted by atomic mass is 10.1. The summed E-state index contributed by atoms with van der Waals surface area (Å²) in [5.74, 6) is 0. The summed E-state index contributed by atoms with van der Waals surface area (Å²) in [6, 6.07) is 7.96. The van der Waals surface area contributed by atoms with Crippen LogP contribution in [0.4, 0.5) is 0 Å². The van der Waals surface area contributed by atoms with Gasteiger partial charge in [0.05, 0.1) is 28.8 Å². The maximum atomic E-state index is 12.7. The van der Waals surface area contributed by atoms with E-state index in [1.54, 1.807) is 0 Å². The van der Waals surface area contributed by atoms with Crippen molar-refractivity contribution in [3.63, 3.8) is 0 Å². The number of aryl methyl sites for hydroxylation is 1. The van der Waals surface area contributed by atoms with E-state index in [0.29, 0.717) is 6.61 Å². The molecule has 1 heterocycles. The van der Waals surface area contributed by atoms with Crippen molar-refractivity contribution in [1.82, 2.24) is 0 Å². The third kappa shape index (κ3) is 3.77. The number of ether oxygens (including phenoxy) is 1. The highest BCUT2D eigenvalue weighted by Crippen LogP contribution is 2.23. The molecule has 1 unspecified atom stereocenters. The molecule has 0 aliphatic carbocycles. The molecule has 19 heavy (non-hydrogen) atoms. The van der Waals surface area contributed by atoms with Gasteiger partial charge in [-0.3, -0.25) is 4.21 Å². The number of hydrogen-bond acceptors (Lipinski definition) is 2. The Labute approximate surface area is 118 Å². The van der Waals surface area contributed by atoms with Gasteiger partial charge in [0.25, 0.3) is 0 Å². The molecule has 0 fully saturated rings. The zero-order valence-electron chi connectivity index (χ0n) is 11.7. The van der Waals surface area contributed by atoms with E-state index < -0.39 is 10.8 Å². The van der Waals surface area contributed by atoms with E-state index in [2.05, 4.69) is 13.0 Å². The van der Waals surface area contributed by atoms with E-state index in [1.165, 1.54) is 5.56 Å². The van der Waals surface area contributed by atoms with Crippen LogP contribution in [-0.4, -0.2) is 22.2 Å². The molecule has 1 aliphatic rings. The molecular formula is C16H22O2S. The van der Waals surface area contributed by atoms with Gasteiger partial charge in [-0.05, 0) is 25.5 Å². The largest absolute Gasteiger partial charge is 0.373 e. The van der Waals surface area contributed by atoms with Crippen LogP contribution in [-0.2, 0) is 15.5 Å². The van der Waals surface area contributed by atoms with Gasteiger partial charge in [-0.1, -0.05) is 49.6 Å². The number of hydrogen-bond donors (Lipinski definition) is 0. The molecule has 0 bridgehead atoms. The Hall–Kier alpha value is -0.930. The Balaban J connectivity index is 2.12. The van der Waals surface area contributed by atoms with Crippen molar-refractivity contribution in [3.8, 4) is 0 Å². The second-order valence-corrected chi connectivity index (χ2v) is 6.63. The highest BCUT2D eigenvalue weighted by molar-refractivity contribution is 7.86. The van der Waals surface area contributed by atoms with Crippen LogP contribution in [0, 0.1) is 6.92 Å². The first-order valence-electron chi connectivity index (χ1n) is 6.98. The van der Waals surface area contributed by atoms with E-state index >= 15 is 0 Å². The van der Waals surface area contributed by atoms with Crippen molar-refractivity contribution in [2.45, 2.75) is 49.4 Å². The monoisotopic (exact) mass is 278 g/mol. The fourth-order valence-corrected chi connectivity index (χ4v) is 3.74. The summed E-state index contributed by atoms with van der Waals surface area (Å²) in [5, 5.41) is -0.0111. The minimum absolute atomic E-state index is 0.0111. The van der Waals surface area contributed by atoms with Gasteiger partial charge in [0.1, 0.15) is 0 Å². The first kappa shape index (κ1) is 14.5. The van der Waals surface area contributed by atoms with Crippen LogP contribution in [0.5, 0.6) is 0 Å². The molecule has 3 atom stereocenters. The normalized spacial score (nSPS) is 24.3. The maximum Gasteiger partial charge on any atom is 0.0837 e. The summed E-state index contributed by atoms with van der Waals surface area (Å²) in [5.41, 5.74) is 1.19. The van der Waals surface area contributed by atoms with E-state index in [0.717, 1.165) is 24.2 Å². The molecule has 0 N–H and O–H groups in total. The zero-order chi connectivity index (χ0) is 13.7. The van der Waals surface area contributed by atoms with Crippen molar-refractivity contribution in [1.29, 1.82) is 0 Å². The molecule has 1 aromatic carbocycles. The van der Waals surface area contributed by atoms with Crippen LogP contribution in [0.2, 0.25) is 0 Å². The summed E-state index contributed by atoms with van der Waals surface area (Å²) in [4.78, 5) is 0.896. The van der Waals surface area contributed by atoms with Crippen molar-refractivity contribution >= 4 is 10.8 Å². The molecule has 0 aromatic heterocycles. The third-order valence-electron chi connectivity index (χ3n) is 3.44. The van der Waals surface area contributed by atoms with Gasteiger partial charge in [-0.25, -0.2) is 0 Å². The van der Waals surface area contributed by atoms with E-state index in [-0.39, 0.29) is 11.4 Å². The van der Waals surface area contributed by atoms with Crippen LogP contribution in [0.1, 0.15) is 31.7 Å². The lowest BCUT2D eigenvalue weighted by Gasteiger charge is -2.27. The summed E-state index contributed by atoms with van der Waals surface area (Å²) in [6.45, 7) is 4.86. The Kier molecular flexibility index (Phi) is 5.34. The SMILES string of the molecule is CCCC[C@H]1OCC=C[C@H]1S(=O)c1ccc(C)cc1. The number of rotatable bonds is 5. The number of benzene rings is 1. The Bertz CT molecular complexity index is 450. The molecule has 1 aromatic rings. The third-order valence-corrected chi connectivity index (χ3v) is 5.13. The second-order valence-electron chi connectivity index (χ2n) is 5.02. The molecular weight excluding hydrogens is 256 g/mol. The average Bonchev–Trinajstić information content (AvgIpc) is 2.45. The van der Waals surface area contributed by atoms with Crippen molar-refractivity contribution < 1.29 is 8.95 Å². The lowest BCUT2D eigenvalue weighted by Crippen LogP contribution is -2.34. The Morgan fingerprint density at radius 1 is 1.32 bits per heavy atom. The van der Waals surface area contributed by atoms with E-state index in [9.17, 15) is 4.21 Å². The molecule has 104 valence electrons. The summed E-state index contributed by atoms with van der Waals surface area (Å²) in [7, 11) is -1.02. The minimum Gasteiger partial charge on any atom is -0.373 e. The van der Waals surface area contributed by atoms with Gasteiger partial charge in [0.15, 0.2) is 0 Å². The van der Waals surface area contributed by atoms with Crippen LogP contribution in [0.3, 0.4) is 0 Å². The fraction of sp³-hybridized carbons (Fsp3) is 0.500. The standard InChI is InChI=1S/C16H22O2S/c1-3-4-6-15-16(7-5-12-18-15)19(17)14-10-8-13(2)9-11-14/h5,7-11,15-16H,3-4,6,12H2,1-2H3/t15-,16-,19?/m1/s1. The first-order valence-corrected chi connectivity index (χ1v) is 8.19. The highest BCUT2D eigenvalue weighted by Gasteiger charge is 2.28. The summed E-state index contributed by atoms with van der Waals surface area (Å²) in [6.07, 6.45) is 7.41. The van der Waals surface area contributed by atoms with Gasteiger partial charge in [-0.15, -0.1) is 0 Å². The minimum atomic E-state index is -1.02. The highest BCUT2D eigenvalue weighted by atomic mass is 32.2. The van der Waals surface area contributed by atoms with E-state index in [1.807, 2.05) is 37.3 Å². The summed E-state index contributed by atoms with van der Waals surface area (Å²) >= 11 is 0. The maximum absolute atomic E-state index is 12.7. The number of unbranched alkanes of at least 4 members (excludes halogenated alkanes) is 1. The van der Waals surface area contributed by atoms with Crippen LogP contribution >= 0.6 is 0 Å². The van der Waals surface area contributed by atoms with E-state index in [4.69, 9.17) is 4.74 Å². The first-order chi connectivity index (χ1) is 9.22. The fourth-order valence-electron chi connectivity index (χ4n) is 2.28. The summed E-state index contributed by atoms with van der Waals surface area (Å²) < 4.78 is 18.4. The van der Waals surface area contributed by atoms with Gasteiger partial charge >= 0.3 is 0 Å². The smallest absolute Gasteiger partial charge is 0.0837 e. The zero-order valence-corrected chi connectivity index (χ0v) is 12.5. The average molecular weight is 278 g/mol. The molecule has 0 amide bonds. The Morgan fingerprint density at radius 3 is 2.74 bits per heavy atom. The molecule has 0 saturated carbocycles. The molecule has 2 nitrogen and oxygen atoms in total. The molecule has 0 spiro atoms. The lowest BCUT2D eigenvalue weighted by molar-refractivity contribution is 0.0632. The second kappa shape index (κ2) is 7.01. The van der Waals surface area contributed by atoms with Crippen LogP contribution in [0.15, 0.2) is 41.3 Å². The predicted octanol–water partition coefficient (Wildman–Crippen LogP) is 3.62. The quantitative estimate of drug-likeness (QED) is 0.769. The molecule has 2 rings (SSSR count). The van der Waals surface area contributed by atoms with Crippen molar-refractivity contribution in [3.05, 3.63) is 42.0 Å². The van der Waals surface area contributed by atoms with Gasteiger partial charge < -0.3 is 4.74 Å². The van der Waals surface area contributed by atoms with Gasteiger partial charge in [0, 0.05) is 4.90 Å². The van der Waals surface area contributed by atoms with Crippen molar-refractivity contribution in [2.75, 3.05) is 6.61 Å². The van der Waals surface area contributed by atoms with Crippen LogP contribution in [0.25, 0.3) is 0 Å². The van der Waals surface area contributed by atoms with Crippen LogP contribution < -0.4 is 0 Å². The molecule has 0 radical (unpaired) electrons. The molecule has 1 aliphatic heterocycles. The Morgan fingerprint density at radius 2 is 2.05 bits per heavy atom. The van der Waals surface area contributed by atoms with Gasteiger partial charge in [-0.2, -0.15) is 0 Å². The predicted molar refractivity (Wildman–Crippen MR) is 79.8 cm³/mol. The topological polar surface area (TPSA) is 26.3 Å². The van der Waals surface area contributed by atoms with Crippen molar-refractivity contribution in [2.24, 2.45) is 0 Å². The van der Waals surface area contributed by atoms with Gasteiger partial charge in [0.2, 0.25) is 0 Å².